The molecule has 1 aliphatic rings. The Labute approximate surface area is 149 Å². The molecule has 2 N–H and O–H groups in total. The summed E-state index contributed by atoms with van der Waals surface area (Å²) in [7, 11) is 0. The molecule has 0 saturated carbocycles. The van der Waals surface area contributed by atoms with Gasteiger partial charge in [-0.3, -0.25) is 9.59 Å². The van der Waals surface area contributed by atoms with Gasteiger partial charge in [0.1, 0.15) is 5.75 Å². The minimum Gasteiger partial charge on any atom is -0.484 e. The Hall–Kier alpha value is -3.55. The number of amides is 2. The second-order valence-corrected chi connectivity index (χ2v) is 5.40. The first kappa shape index (κ1) is 17.3. The topological polar surface area (TPSA) is 98.2 Å². The van der Waals surface area contributed by atoms with Crippen molar-refractivity contribution in [3.63, 3.8) is 0 Å². The van der Waals surface area contributed by atoms with Crippen LogP contribution in [0.2, 0.25) is 0 Å². The lowest BCUT2D eigenvalue weighted by atomic mass is 10.2. The number of rotatable bonds is 6. The molecular formula is C18H17N3O5. The Morgan fingerprint density at radius 1 is 1.15 bits per heavy atom. The molecule has 0 saturated heterocycles. The lowest BCUT2D eigenvalue weighted by Gasteiger charge is -2.06. The number of nitrogens with one attached hydrogen (secondary N) is 2. The predicted octanol–water partition coefficient (Wildman–Crippen LogP) is 1.90. The zero-order valence-corrected chi connectivity index (χ0v) is 14.0. The maximum atomic E-state index is 11.8. The van der Waals surface area contributed by atoms with Crippen LogP contribution in [0.15, 0.2) is 47.6 Å². The van der Waals surface area contributed by atoms with Crippen LogP contribution in [0.4, 0.5) is 5.69 Å². The highest BCUT2D eigenvalue weighted by molar-refractivity contribution is 5.88. The van der Waals surface area contributed by atoms with E-state index in [-0.39, 0.29) is 19.3 Å². The van der Waals surface area contributed by atoms with Gasteiger partial charge in [0, 0.05) is 12.6 Å². The number of carbonyl (C=O) groups excluding carboxylic acids is 2. The Balaban J connectivity index is 1.44. The van der Waals surface area contributed by atoms with E-state index in [1.54, 1.807) is 42.5 Å². The number of hydrazone groups is 1. The minimum absolute atomic E-state index is 0.154. The van der Waals surface area contributed by atoms with Crippen LogP contribution in [0.25, 0.3) is 0 Å². The molecule has 0 bridgehead atoms. The van der Waals surface area contributed by atoms with Crippen LogP contribution in [0, 0.1) is 0 Å². The Kier molecular flexibility index (Phi) is 5.33. The molecule has 1 heterocycles. The van der Waals surface area contributed by atoms with Crippen LogP contribution in [0.1, 0.15) is 12.5 Å². The first-order chi connectivity index (χ1) is 12.6. The van der Waals surface area contributed by atoms with Gasteiger partial charge < -0.3 is 19.5 Å². The SMILES string of the molecule is CC(=O)Nc1ccc(OCC(=O)NN=Cc2ccc3c(c2)OCO3)cc1. The molecule has 2 amide bonds. The van der Waals surface area contributed by atoms with E-state index < -0.39 is 5.91 Å². The predicted molar refractivity (Wildman–Crippen MR) is 94.5 cm³/mol. The molecule has 0 unspecified atom stereocenters. The van der Waals surface area contributed by atoms with Crippen molar-refractivity contribution in [3.8, 4) is 17.2 Å². The van der Waals surface area contributed by atoms with E-state index >= 15 is 0 Å². The Morgan fingerprint density at radius 3 is 2.69 bits per heavy atom. The van der Waals surface area contributed by atoms with Gasteiger partial charge in [-0.15, -0.1) is 0 Å². The van der Waals surface area contributed by atoms with Crippen molar-refractivity contribution in [3.05, 3.63) is 48.0 Å². The summed E-state index contributed by atoms with van der Waals surface area (Å²) >= 11 is 0. The third-order valence-corrected chi connectivity index (χ3v) is 3.34. The van der Waals surface area contributed by atoms with Crippen LogP contribution in [-0.2, 0) is 9.59 Å². The Bertz CT molecular complexity index is 833. The summed E-state index contributed by atoms with van der Waals surface area (Å²) in [5, 5.41) is 6.52. The largest absolute Gasteiger partial charge is 0.484 e. The fourth-order valence-corrected chi connectivity index (χ4v) is 2.19. The monoisotopic (exact) mass is 355 g/mol. The number of ether oxygens (including phenoxy) is 3. The summed E-state index contributed by atoms with van der Waals surface area (Å²) in [6.45, 7) is 1.45. The van der Waals surface area contributed by atoms with E-state index in [4.69, 9.17) is 14.2 Å². The number of fused-ring (bicyclic) bond motifs is 1. The summed E-state index contributed by atoms with van der Waals surface area (Å²) in [6.07, 6.45) is 1.50. The van der Waals surface area contributed by atoms with E-state index in [2.05, 4.69) is 15.8 Å². The quantitative estimate of drug-likeness (QED) is 0.609. The number of carbonyl (C=O) groups is 2. The average molecular weight is 355 g/mol. The molecule has 0 fully saturated rings. The molecule has 2 aromatic rings. The summed E-state index contributed by atoms with van der Waals surface area (Å²) in [5.41, 5.74) is 3.81. The smallest absolute Gasteiger partial charge is 0.277 e. The van der Waals surface area contributed by atoms with Gasteiger partial charge in [-0.25, -0.2) is 5.43 Å². The highest BCUT2D eigenvalue weighted by Gasteiger charge is 2.12. The maximum Gasteiger partial charge on any atom is 0.277 e. The van der Waals surface area contributed by atoms with Gasteiger partial charge in [-0.2, -0.15) is 5.10 Å². The molecule has 26 heavy (non-hydrogen) atoms. The van der Waals surface area contributed by atoms with Crippen LogP contribution in [-0.4, -0.2) is 31.4 Å². The first-order valence-corrected chi connectivity index (χ1v) is 7.82. The van der Waals surface area contributed by atoms with Crippen molar-refractivity contribution >= 4 is 23.7 Å². The van der Waals surface area contributed by atoms with Crippen LogP contribution >= 0.6 is 0 Å². The van der Waals surface area contributed by atoms with E-state index in [1.807, 2.05) is 0 Å². The van der Waals surface area contributed by atoms with Gasteiger partial charge in [-0.1, -0.05) is 0 Å². The molecule has 0 atom stereocenters. The molecule has 0 aromatic heterocycles. The third kappa shape index (κ3) is 4.73. The summed E-state index contributed by atoms with van der Waals surface area (Å²) in [5.74, 6) is 1.29. The lowest BCUT2D eigenvalue weighted by Crippen LogP contribution is -2.24. The highest BCUT2D eigenvalue weighted by Crippen LogP contribution is 2.31. The fraction of sp³-hybridized carbons (Fsp3) is 0.167. The number of benzene rings is 2. The van der Waals surface area contributed by atoms with Crippen molar-refractivity contribution in [2.45, 2.75) is 6.92 Å². The zero-order valence-electron chi connectivity index (χ0n) is 14.0. The van der Waals surface area contributed by atoms with Crippen molar-refractivity contribution in [1.29, 1.82) is 0 Å². The van der Waals surface area contributed by atoms with Crippen molar-refractivity contribution in [1.82, 2.24) is 5.43 Å². The molecule has 8 nitrogen and oxygen atoms in total. The molecule has 0 spiro atoms. The van der Waals surface area contributed by atoms with E-state index in [9.17, 15) is 9.59 Å². The van der Waals surface area contributed by atoms with E-state index in [0.717, 1.165) is 5.56 Å². The zero-order chi connectivity index (χ0) is 18.4. The maximum absolute atomic E-state index is 11.8. The molecule has 8 heteroatoms. The molecule has 0 radical (unpaired) electrons. The van der Waals surface area contributed by atoms with Crippen LogP contribution in [0.5, 0.6) is 17.2 Å². The van der Waals surface area contributed by atoms with Crippen LogP contribution < -0.4 is 25.0 Å². The third-order valence-electron chi connectivity index (χ3n) is 3.34. The lowest BCUT2D eigenvalue weighted by molar-refractivity contribution is -0.123. The first-order valence-electron chi connectivity index (χ1n) is 7.82. The van der Waals surface area contributed by atoms with Gasteiger partial charge in [0.25, 0.3) is 5.91 Å². The summed E-state index contributed by atoms with van der Waals surface area (Å²) < 4.78 is 15.8. The second-order valence-electron chi connectivity index (χ2n) is 5.40. The molecule has 0 aliphatic carbocycles. The Morgan fingerprint density at radius 2 is 1.92 bits per heavy atom. The van der Waals surface area contributed by atoms with E-state index in [1.165, 1.54) is 13.1 Å². The standard InChI is InChI=1S/C18H17N3O5/c1-12(22)20-14-3-5-15(6-4-14)24-10-18(23)21-19-9-13-2-7-16-17(8-13)26-11-25-16/h2-9H,10-11H2,1H3,(H,20,22)(H,21,23). The van der Waals surface area contributed by atoms with Crippen molar-refractivity contribution in [2.75, 3.05) is 18.7 Å². The molecule has 3 rings (SSSR count). The van der Waals surface area contributed by atoms with Gasteiger partial charge >= 0.3 is 0 Å². The summed E-state index contributed by atoms with van der Waals surface area (Å²) in [4.78, 5) is 22.7. The summed E-state index contributed by atoms with van der Waals surface area (Å²) in [6, 6.07) is 12.0. The van der Waals surface area contributed by atoms with E-state index in [0.29, 0.717) is 22.9 Å². The molecule has 2 aromatic carbocycles. The van der Waals surface area contributed by atoms with Crippen molar-refractivity contribution in [2.24, 2.45) is 5.10 Å². The number of hydrogen-bond donors (Lipinski definition) is 2. The van der Waals surface area contributed by atoms with Gasteiger partial charge in [0.05, 0.1) is 6.21 Å². The highest BCUT2D eigenvalue weighted by atomic mass is 16.7. The molecular weight excluding hydrogens is 338 g/mol. The van der Waals surface area contributed by atoms with Gasteiger partial charge in [0.2, 0.25) is 12.7 Å². The molecule has 1 aliphatic heterocycles. The number of anilines is 1. The van der Waals surface area contributed by atoms with Crippen LogP contribution in [0.3, 0.4) is 0 Å². The molecule has 134 valence electrons. The number of hydrogen-bond acceptors (Lipinski definition) is 6. The van der Waals surface area contributed by atoms with Gasteiger partial charge in [0.15, 0.2) is 18.1 Å². The van der Waals surface area contributed by atoms with Gasteiger partial charge in [-0.05, 0) is 48.0 Å². The average Bonchev–Trinajstić information content (AvgIpc) is 3.08. The fourth-order valence-electron chi connectivity index (χ4n) is 2.19. The second kappa shape index (κ2) is 8.02. The van der Waals surface area contributed by atoms with Crippen molar-refractivity contribution < 1.29 is 23.8 Å². The normalized spacial score (nSPS) is 12.0. The minimum atomic E-state index is -0.395. The number of nitrogens with zero attached hydrogens (tertiary/aromatic N) is 1.